The van der Waals surface area contributed by atoms with Crippen molar-refractivity contribution in [2.45, 2.75) is 26.5 Å². The Hall–Kier alpha value is -3.43. The van der Waals surface area contributed by atoms with E-state index in [2.05, 4.69) is 23.4 Å². The third kappa shape index (κ3) is 3.53. The molecule has 0 radical (unpaired) electrons. The van der Waals surface area contributed by atoms with Crippen molar-refractivity contribution in [1.82, 2.24) is 15.1 Å². The minimum absolute atomic E-state index is 0.222. The van der Waals surface area contributed by atoms with Gasteiger partial charge in [0.15, 0.2) is 0 Å². The summed E-state index contributed by atoms with van der Waals surface area (Å²) in [5.74, 6) is -0.222. The molecule has 1 N–H and O–H groups in total. The fraction of sp³-hybridized carbons (Fsp3) is 0.227. The molecule has 0 spiro atoms. The Morgan fingerprint density at radius 2 is 2.21 bits per heavy atom. The maximum atomic E-state index is 11.6. The highest BCUT2D eigenvalue weighted by Gasteiger charge is 2.23. The minimum atomic E-state index is -0.222. The average Bonchev–Trinajstić information content (AvgIpc) is 3.34. The van der Waals surface area contributed by atoms with E-state index in [4.69, 9.17) is 10.00 Å². The fourth-order valence-corrected chi connectivity index (χ4v) is 3.44. The van der Waals surface area contributed by atoms with Gasteiger partial charge in [-0.05, 0) is 55.3 Å². The van der Waals surface area contributed by atoms with Crippen LogP contribution >= 0.6 is 0 Å². The lowest BCUT2D eigenvalue weighted by atomic mass is 9.97. The van der Waals surface area contributed by atoms with Gasteiger partial charge in [-0.25, -0.2) is 9.48 Å². The topological polar surface area (TPSA) is 79.9 Å². The van der Waals surface area contributed by atoms with E-state index in [0.717, 1.165) is 35.3 Å². The molecule has 4 rings (SSSR count). The molecule has 0 atom stereocenters. The van der Waals surface area contributed by atoms with Gasteiger partial charge in [0, 0.05) is 23.9 Å². The van der Waals surface area contributed by atoms with Crippen molar-refractivity contribution >= 4 is 5.97 Å². The number of fused-ring (bicyclic) bond motifs is 1. The first-order valence-electron chi connectivity index (χ1n) is 9.19. The number of carbonyl (C=O) groups excluding carboxylic acids is 1. The molecule has 2 aromatic carbocycles. The molecule has 3 aromatic rings. The molecule has 6 heteroatoms. The van der Waals surface area contributed by atoms with Crippen LogP contribution < -0.4 is 5.32 Å². The Balaban J connectivity index is 1.34. The number of cyclic esters (lactones) is 1. The molecule has 1 aliphatic rings. The van der Waals surface area contributed by atoms with Gasteiger partial charge in [-0.2, -0.15) is 10.4 Å². The van der Waals surface area contributed by atoms with E-state index >= 15 is 0 Å². The zero-order valence-corrected chi connectivity index (χ0v) is 15.6. The van der Waals surface area contributed by atoms with E-state index in [1.165, 1.54) is 5.56 Å². The third-order valence-corrected chi connectivity index (χ3v) is 5.05. The number of rotatable bonds is 6. The molecule has 0 fully saturated rings. The third-order valence-electron chi connectivity index (χ3n) is 5.05. The Kier molecular flexibility index (Phi) is 4.92. The van der Waals surface area contributed by atoms with Crippen molar-refractivity contribution in [3.8, 4) is 11.8 Å². The second kappa shape index (κ2) is 7.67. The van der Waals surface area contributed by atoms with Crippen LogP contribution in [-0.4, -0.2) is 22.3 Å². The number of esters is 1. The molecule has 0 saturated carbocycles. The highest BCUT2D eigenvalue weighted by Crippen LogP contribution is 2.26. The lowest BCUT2D eigenvalue weighted by molar-refractivity contribution is 0.0535. The summed E-state index contributed by atoms with van der Waals surface area (Å²) < 4.78 is 6.89. The van der Waals surface area contributed by atoms with Gasteiger partial charge in [0.05, 0.1) is 29.1 Å². The van der Waals surface area contributed by atoms with Gasteiger partial charge in [-0.3, -0.25) is 0 Å². The second-order valence-corrected chi connectivity index (χ2v) is 6.83. The standard InChI is InChI=1S/C22H20N4O2/c1-15-18(5-6-20-21(15)14-28-22(20)27)7-8-24-11-17-12-25-26(13-17)19-4-2-3-16(9-19)10-23/h2-6,9,12-13,24H,7-8,11,14H2,1H3. The monoisotopic (exact) mass is 372 g/mol. The van der Waals surface area contributed by atoms with Gasteiger partial charge in [0.25, 0.3) is 0 Å². The maximum Gasteiger partial charge on any atom is 0.338 e. The van der Waals surface area contributed by atoms with Gasteiger partial charge in [-0.1, -0.05) is 12.1 Å². The number of benzene rings is 2. The molecule has 1 aromatic heterocycles. The van der Waals surface area contributed by atoms with E-state index < -0.39 is 0 Å². The summed E-state index contributed by atoms with van der Waals surface area (Å²) in [7, 11) is 0. The van der Waals surface area contributed by atoms with Crippen LogP contribution in [0, 0.1) is 18.3 Å². The van der Waals surface area contributed by atoms with E-state index in [0.29, 0.717) is 24.3 Å². The van der Waals surface area contributed by atoms with E-state index in [1.54, 1.807) is 10.7 Å². The number of nitrogens with zero attached hydrogens (tertiary/aromatic N) is 3. The molecule has 0 amide bonds. The SMILES string of the molecule is Cc1c(CCNCc2cnn(-c3cccc(C#N)c3)c2)ccc2c1COC2=O. The number of nitriles is 1. The van der Waals surface area contributed by atoms with Gasteiger partial charge < -0.3 is 10.1 Å². The molecule has 0 bridgehead atoms. The van der Waals surface area contributed by atoms with Gasteiger partial charge in [0.2, 0.25) is 0 Å². The normalized spacial score (nSPS) is 12.5. The van der Waals surface area contributed by atoms with Gasteiger partial charge in [0.1, 0.15) is 6.61 Å². The summed E-state index contributed by atoms with van der Waals surface area (Å²) in [6.07, 6.45) is 4.67. The molecule has 140 valence electrons. The first-order chi connectivity index (χ1) is 13.7. The molecule has 0 saturated heterocycles. The Morgan fingerprint density at radius 1 is 1.32 bits per heavy atom. The zero-order valence-electron chi connectivity index (χ0n) is 15.6. The quantitative estimate of drug-likeness (QED) is 0.531. The van der Waals surface area contributed by atoms with Gasteiger partial charge in [-0.15, -0.1) is 0 Å². The lowest BCUT2D eigenvalue weighted by Crippen LogP contribution is -2.17. The molecule has 28 heavy (non-hydrogen) atoms. The maximum absolute atomic E-state index is 11.6. The van der Waals surface area contributed by atoms with Crippen LogP contribution in [0.5, 0.6) is 0 Å². The summed E-state index contributed by atoms with van der Waals surface area (Å²) in [4.78, 5) is 11.6. The smallest absolute Gasteiger partial charge is 0.338 e. The first kappa shape index (κ1) is 18.0. The lowest BCUT2D eigenvalue weighted by Gasteiger charge is -2.09. The molecule has 0 aliphatic carbocycles. The Bertz CT molecular complexity index is 1080. The molecular weight excluding hydrogens is 352 g/mol. The molecule has 2 heterocycles. The molecule has 1 aliphatic heterocycles. The summed E-state index contributed by atoms with van der Waals surface area (Å²) >= 11 is 0. The second-order valence-electron chi connectivity index (χ2n) is 6.83. The van der Waals surface area contributed by atoms with Crippen LogP contribution in [-0.2, 0) is 24.3 Å². The number of ether oxygens (including phenoxy) is 1. The van der Waals surface area contributed by atoms with Crippen LogP contribution in [0.4, 0.5) is 0 Å². The van der Waals surface area contributed by atoms with Crippen LogP contribution in [0.2, 0.25) is 0 Å². The fourth-order valence-electron chi connectivity index (χ4n) is 3.44. The molecule has 6 nitrogen and oxygen atoms in total. The van der Waals surface area contributed by atoms with Crippen LogP contribution in [0.3, 0.4) is 0 Å². The number of nitrogens with one attached hydrogen (secondary N) is 1. The number of carbonyl (C=O) groups is 1. The highest BCUT2D eigenvalue weighted by molar-refractivity contribution is 5.93. The minimum Gasteiger partial charge on any atom is -0.457 e. The summed E-state index contributed by atoms with van der Waals surface area (Å²) in [5.41, 5.74) is 6.65. The van der Waals surface area contributed by atoms with Crippen molar-refractivity contribution in [2.24, 2.45) is 0 Å². The highest BCUT2D eigenvalue weighted by atomic mass is 16.5. The van der Waals surface area contributed by atoms with Crippen LogP contribution in [0.15, 0.2) is 48.8 Å². The summed E-state index contributed by atoms with van der Waals surface area (Å²) in [6.45, 7) is 3.97. The van der Waals surface area contributed by atoms with Crippen LogP contribution in [0.25, 0.3) is 5.69 Å². The van der Waals surface area contributed by atoms with Gasteiger partial charge >= 0.3 is 5.97 Å². The first-order valence-corrected chi connectivity index (χ1v) is 9.19. The number of hydrogen-bond acceptors (Lipinski definition) is 5. The number of hydrogen-bond donors (Lipinski definition) is 1. The Labute approximate surface area is 163 Å². The summed E-state index contributed by atoms with van der Waals surface area (Å²) in [6, 6.07) is 13.4. The average molecular weight is 372 g/mol. The van der Waals surface area contributed by atoms with Crippen molar-refractivity contribution in [2.75, 3.05) is 6.54 Å². The van der Waals surface area contributed by atoms with Crippen molar-refractivity contribution in [1.29, 1.82) is 5.26 Å². The predicted octanol–water partition coefficient (Wildman–Crippen LogP) is 3.06. The van der Waals surface area contributed by atoms with E-state index in [-0.39, 0.29) is 5.97 Å². The predicted molar refractivity (Wildman–Crippen MR) is 104 cm³/mol. The Morgan fingerprint density at radius 3 is 3.07 bits per heavy atom. The van der Waals surface area contributed by atoms with Crippen molar-refractivity contribution in [3.63, 3.8) is 0 Å². The largest absolute Gasteiger partial charge is 0.457 e. The van der Waals surface area contributed by atoms with Crippen molar-refractivity contribution in [3.05, 3.63) is 82.2 Å². The van der Waals surface area contributed by atoms with E-state index in [1.807, 2.05) is 42.7 Å². The molecular formula is C22H20N4O2. The summed E-state index contributed by atoms with van der Waals surface area (Å²) in [5, 5.41) is 16.8. The van der Waals surface area contributed by atoms with Crippen molar-refractivity contribution < 1.29 is 9.53 Å². The van der Waals surface area contributed by atoms with Crippen LogP contribution in [0.1, 0.15) is 38.2 Å². The zero-order chi connectivity index (χ0) is 19.5. The molecule has 0 unspecified atom stereocenters. The van der Waals surface area contributed by atoms with E-state index in [9.17, 15) is 4.79 Å². The number of aromatic nitrogens is 2.